The first-order valence-corrected chi connectivity index (χ1v) is 5.49. The Morgan fingerprint density at radius 3 is 2.94 bits per heavy atom. The van der Waals surface area contributed by atoms with Gasteiger partial charge in [-0.1, -0.05) is 17.3 Å². The maximum atomic E-state index is 12.1. The Hall–Kier alpha value is -2.08. The molecule has 0 bridgehead atoms. The molecule has 78 valence electrons. The van der Waals surface area contributed by atoms with E-state index in [2.05, 4.69) is 15.3 Å². The van der Waals surface area contributed by atoms with Gasteiger partial charge in [-0.15, -0.1) is 21.1 Å². The third-order valence-corrected chi connectivity index (χ3v) is 2.92. The van der Waals surface area contributed by atoms with Crippen molar-refractivity contribution in [1.82, 2.24) is 20.0 Å². The fourth-order valence-electron chi connectivity index (χ4n) is 1.43. The lowest BCUT2D eigenvalue weighted by molar-refractivity contribution is 0.733. The number of hydrogen-bond acceptors (Lipinski definition) is 5. The van der Waals surface area contributed by atoms with Crippen LogP contribution in [-0.2, 0) is 0 Å². The van der Waals surface area contributed by atoms with Crippen molar-refractivity contribution < 1.29 is 0 Å². The second-order valence-electron chi connectivity index (χ2n) is 3.14. The van der Waals surface area contributed by atoms with Crippen molar-refractivity contribution in [2.75, 3.05) is 0 Å². The molecule has 2 aromatic heterocycles. The summed E-state index contributed by atoms with van der Waals surface area (Å²) in [5, 5.41) is 10.7. The minimum absolute atomic E-state index is 0.194. The number of rotatable bonds is 1. The van der Waals surface area contributed by atoms with Crippen LogP contribution in [-0.4, -0.2) is 20.0 Å². The van der Waals surface area contributed by atoms with Crippen LogP contribution in [0, 0.1) is 0 Å². The smallest absolute Gasteiger partial charge is 0.266 e. The van der Waals surface area contributed by atoms with Crippen LogP contribution in [0.1, 0.15) is 0 Å². The van der Waals surface area contributed by atoms with E-state index in [4.69, 9.17) is 0 Å². The molecule has 3 rings (SSSR count). The van der Waals surface area contributed by atoms with Crippen molar-refractivity contribution >= 4 is 22.2 Å². The molecule has 0 N–H and O–H groups in total. The van der Waals surface area contributed by atoms with Gasteiger partial charge in [0, 0.05) is 11.6 Å². The zero-order valence-corrected chi connectivity index (χ0v) is 8.89. The molecule has 3 aromatic rings. The number of hydrogen-bond donors (Lipinski definition) is 0. The van der Waals surface area contributed by atoms with Gasteiger partial charge in [0.05, 0.1) is 5.39 Å². The molecule has 1 aromatic carbocycles. The zero-order valence-electron chi connectivity index (χ0n) is 8.07. The SMILES string of the molecule is O=c1c2ccccc2nnn1-c1nccs1. The highest BCUT2D eigenvalue weighted by Gasteiger charge is 2.07. The molecule has 0 aliphatic carbocycles. The Morgan fingerprint density at radius 2 is 2.12 bits per heavy atom. The lowest BCUT2D eigenvalue weighted by Crippen LogP contribution is -2.22. The van der Waals surface area contributed by atoms with E-state index in [1.54, 1.807) is 29.8 Å². The van der Waals surface area contributed by atoms with Crippen molar-refractivity contribution in [2.24, 2.45) is 0 Å². The normalized spacial score (nSPS) is 10.8. The highest BCUT2D eigenvalue weighted by molar-refractivity contribution is 7.12. The van der Waals surface area contributed by atoms with Crippen molar-refractivity contribution in [3.63, 3.8) is 0 Å². The molecule has 5 nitrogen and oxygen atoms in total. The topological polar surface area (TPSA) is 60.7 Å². The van der Waals surface area contributed by atoms with Crippen LogP contribution in [0.2, 0.25) is 0 Å². The van der Waals surface area contributed by atoms with Gasteiger partial charge < -0.3 is 0 Å². The third kappa shape index (κ3) is 1.31. The summed E-state index contributed by atoms with van der Waals surface area (Å²) in [7, 11) is 0. The van der Waals surface area contributed by atoms with Crippen molar-refractivity contribution in [2.45, 2.75) is 0 Å². The van der Waals surface area contributed by atoms with Gasteiger partial charge in [0.25, 0.3) is 5.56 Å². The minimum atomic E-state index is -0.194. The molecule has 0 spiro atoms. The first-order chi connectivity index (χ1) is 7.86. The van der Waals surface area contributed by atoms with Crippen LogP contribution in [0.25, 0.3) is 16.0 Å². The lowest BCUT2D eigenvalue weighted by Gasteiger charge is -1.99. The molecule has 0 saturated carbocycles. The molecule has 0 fully saturated rings. The maximum Gasteiger partial charge on any atom is 0.284 e. The molecule has 0 aliphatic heterocycles. The summed E-state index contributed by atoms with van der Waals surface area (Å²) in [6.45, 7) is 0. The number of aromatic nitrogens is 4. The Bertz CT molecular complexity index is 689. The van der Waals surface area contributed by atoms with Crippen LogP contribution < -0.4 is 5.56 Å². The van der Waals surface area contributed by atoms with Gasteiger partial charge in [-0.25, -0.2) is 4.98 Å². The highest BCUT2D eigenvalue weighted by Crippen LogP contribution is 2.09. The summed E-state index contributed by atoms with van der Waals surface area (Å²) < 4.78 is 1.22. The molecule has 0 unspecified atom stereocenters. The minimum Gasteiger partial charge on any atom is -0.266 e. The van der Waals surface area contributed by atoms with Crippen LogP contribution in [0.3, 0.4) is 0 Å². The molecule has 16 heavy (non-hydrogen) atoms. The fourth-order valence-corrected chi connectivity index (χ4v) is 2.02. The van der Waals surface area contributed by atoms with Gasteiger partial charge in [-0.3, -0.25) is 4.79 Å². The van der Waals surface area contributed by atoms with Crippen molar-refractivity contribution in [3.8, 4) is 5.13 Å². The second-order valence-corrected chi connectivity index (χ2v) is 4.01. The summed E-state index contributed by atoms with van der Waals surface area (Å²) in [5.41, 5.74) is 0.404. The highest BCUT2D eigenvalue weighted by atomic mass is 32.1. The lowest BCUT2D eigenvalue weighted by atomic mass is 10.2. The second kappa shape index (κ2) is 3.49. The van der Waals surface area contributed by atoms with E-state index in [9.17, 15) is 4.79 Å². The average Bonchev–Trinajstić information content (AvgIpc) is 2.83. The van der Waals surface area contributed by atoms with Gasteiger partial charge >= 0.3 is 0 Å². The maximum absolute atomic E-state index is 12.1. The first-order valence-electron chi connectivity index (χ1n) is 4.61. The van der Waals surface area contributed by atoms with Crippen LogP contribution in [0.4, 0.5) is 0 Å². The summed E-state index contributed by atoms with van der Waals surface area (Å²) in [5.74, 6) is 0. The number of thiazole rings is 1. The zero-order chi connectivity index (χ0) is 11.0. The molecule has 0 saturated heterocycles. The quantitative estimate of drug-likeness (QED) is 0.631. The molecular weight excluding hydrogens is 224 g/mol. The predicted octanol–water partition coefficient (Wildman–Crippen LogP) is 1.24. The number of nitrogens with zero attached hydrogens (tertiary/aromatic N) is 4. The van der Waals surface area contributed by atoms with Gasteiger partial charge in [0.15, 0.2) is 0 Å². The Kier molecular flexibility index (Phi) is 2.00. The van der Waals surface area contributed by atoms with Crippen LogP contribution in [0.5, 0.6) is 0 Å². The standard InChI is InChI=1S/C10H6N4OS/c15-9-7-3-1-2-4-8(7)12-13-14(9)10-11-5-6-16-10/h1-6H. The molecule has 0 radical (unpaired) electrons. The van der Waals surface area contributed by atoms with Gasteiger partial charge in [0.2, 0.25) is 5.13 Å². The number of benzene rings is 1. The van der Waals surface area contributed by atoms with E-state index in [0.717, 1.165) is 0 Å². The molecular formula is C10H6N4OS. The summed E-state index contributed by atoms with van der Waals surface area (Å²) in [4.78, 5) is 16.1. The Labute approximate surface area is 94.0 Å². The molecule has 2 heterocycles. The van der Waals surface area contributed by atoms with E-state index in [-0.39, 0.29) is 5.56 Å². The monoisotopic (exact) mass is 230 g/mol. The van der Waals surface area contributed by atoms with Gasteiger partial charge in [-0.05, 0) is 12.1 Å². The van der Waals surface area contributed by atoms with Crippen molar-refractivity contribution in [3.05, 3.63) is 46.2 Å². The van der Waals surface area contributed by atoms with E-state index in [1.807, 2.05) is 6.07 Å². The van der Waals surface area contributed by atoms with Crippen LogP contribution in [0.15, 0.2) is 40.6 Å². The van der Waals surface area contributed by atoms with E-state index >= 15 is 0 Å². The Morgan fingerprint density at radius 1 is 1.25 bits per heavy atom. The summed E-state index contributed by atoms with van der Waals surface area (Å²) >= 11 is 1.35. The Balaban J connectivity index is 2.37. The van der Waals surface area contributed by atoms with Gasteiger partial charge in [-0.2, -0.15) is 0 Å². The third-order valence-electron chi connectivity index (χ3n) is 2.17. The van der Waals surface area contributed by atoms with Crippen molar-refractivity contribution in [1.29, 1.82) is 0 Å². The van der Waals surface area contributed by atoms with E-state index in [0.29, 0.717) is 16.0 Å². The summed E-state index contributed by atoms with van der Waals surface area (Å²) in [6.07, 6.45) is 1.63. The van der Waals surface area contributed by atoms with E-state index in [1.165, 1.54) is 16.0 Å². The largest absolute Gasteiger partial charge is 0.284 e. The summed E-state index contributed by atoms with van der Waals surface area (Å²) in [6, 6.07) is 7.12. The molecule has 0 amide bonds. The molecule has 0 aliphatic rings. The molecule has 6 heteroatoms. The van der Waals surface area contributed by atoms with Crippen LogP contribution >= 0.6 is 11.3 Å². The predicted molar refractivity (Wildman–Crippen MR) is 60.8 cm³/mol. The molecule has 0 atom stereocenters. The van der Waals surface area contributed by atoms with Gasteiger partial charge in [0.1, 0.15) is 5.52 Å². The van der Waals surface area contributed by atoms with E-state index < -0.39 is 0 Å². The average molecular weight is 230 g/mol. The number of fused-ring (bicyclic) bond motifs is 1. The fraction of sp³-hybridized carbons (Fsp3) is 0. The first kappa shape index (κ1) is 9.17.